The van der Waals surface area contributed by atoms with E-state index < -0.39 is 0 Å². The van der Waals surface area contributed by atoms with Gasteiger partial charge in [-0.1, -0.05) is 31.7 Å². The summed E-state index contributed by atoms with van der Waals surface area (Å²) < 4.78 is 0. The molecule has 0 aromatic heterocycles. The molecule has 1 aliphatic carbocycles. The molecule has 0 saturated heterocycles. The molecule has 1 aromatic carbocycles. The third-order valence-electron chi connectivity index (χ3n) is 3.10. The molecule has 2 rings (SSSR count). The van der Waals surface area contributed by atoms with E-state index in [-0.39, 0.29) is 6.04 Å². The van der Waals surface area contributed by atoms with Crippen molar-refractivity contribution in [2.24, 2.45) is 5.73 Å². The second kappa shape index (κ2) is 3.58. The highest BCUT2D eigenvalue weighted by Crippen LogP contribution is 2.31. The zero-order valence-corrected chi connectivity index (χ0v) is 8.72. The van der Waals surface area contributed by atoms with Crippen molar-refractivity contribution in [3.05, 3.63) is 41.5 Å². The number of nitrogens with two attached hydrogens (primary N) is 1. The SMILES string of the molecule is C=C(CC)c1ccc2c(c1)CC[C@@H]2N. The van der Waals surface area contributed by atoms with Crippen molar-refractivity contribution < 1.29 is 0 Å². The molecule has 1 nitrogen and oxygen atoms in total. The minimum Gasteiger partial charge on any atom is -0.324 e. The van der Waals surface area contributed by atoms with Crippen LogP contribution in [0.15, 0.2) is 24.8 Å². The number of aryl methyl sites for hydroxylation is 1. The van der Waals surface area contributed by atoms with Crippen LogP contribution in [0.3, 0.4) is 0 Å². The summed E-state index contributed by atoms with van der Waals surface area (Å²) in [7, 11) is 0. The molecule has 1 atom stereocenters. The summed E-state index contributed by atoms with van der Waals surface area (Å²) in [6, 6.07) is 6.83. The van der Waals surface area contributed by atoms with Crippen LogP contribution in [0, 0.1) is 0 Å². The minimum absolute atomic E-state index is 0.258. The predicted molar refractivity (Wildman–Crippen MR) is 61.0 cm³/mol. The van der Waals surface area contributed by atoms with Crippen LogP contribution >= 0.6 is 0 Å². The maximum Gasteiger partial charge on any atom is 0.0300 e. The van der Waals surface area contributed by atoms with E-state index in [1.807, 2.05) is 0 Å². The number of fused-ring (bicyclic) bond motifs is 1. The van der Waals surface area contributed by atoms with Crippen molar-refractivity contribution in [3.8, 4) is 0 Å². The van der Waals surface area contributed by atoms with Crippen molar-refractivity contribution in [3.63, 3.8) is 0 Å². The Morgan fingerprint density at radius 3 is 3.07 bits per heavy atom. The van der Waals surface area contributed by atoms with Gasteiger partial charge in [-0.3, -0.25) is 0 Å². The Morgan fingerprint density at radius 2 is 2.36 bits per heavy atom. The second-order valence-electron chi connectivity index (χ2n) is 4.02. The van der Waals surface area contributed by atoms with Gasteiger partial charge in [0.25, 0.3) is 0 Å². The van der Waals surface area contributed by atoms with Gasteiger partial charge in [-0.15, -0.1) is 0 Å². The first-order valence-electron chi connectivity index (χ1n) is 5.29. The zero-order valence-electron chi connectivity index (χ0n) is 8.72. The van der Waals surface area contributed by atoms with Crippen molar-refractivity contribution in [1.82, 2.24) is 0 Å². The van der Waals surface area contributed by atoms with E-state index >= 15 is 0 Å². The quantitative estimate of drug-likeness (QED) is 0.756. The molecule has 0 saturated carbocycles. The van der Waals surface area contributed by atoms with Gasteiger partial charge in [0.2, 0.25) is 0 Å². The van der Waals surface area contributed by atoms with Gasteiger partial charge in [-0.2, -0.15) is 0 Å². The van der Waals surface area contributed by atoms with Gasteiger partial charge >= 0.3 is 0 Å². The van der Waals surface area contributed by atoms with E-state index in [4.69, 9.17) is 5.73 Å². The van der Waals surface area contributed by atoms with Crippen molar-refractivity contribution in [2.75, 3.05) is 0 Å². The van der Waals surface area contributed by atoms with E-state index in [9.17, 15) is 0 Å². The van der Waals surface area contributed by atoms with Gasteiger partial charge < -0.3 is 5.73 Å². The van der Waals surface area contributed by atoms with Crippen molar-refractivity contribution in [1.29, 1.82) is 0 Å². The van der Waals surface area contributed by atoms with E-state index in [1.54, 1.807) is 0 Å². The van der Waals surface area contributed by atoms with Crippen molar-refractivity contribution in [2.45, 2.75) is 32.2 Å². The van der Waals surface area contributed by atoms with Gasteiger partial charge in [-0.05, 0) is 41.5 Å². The first-order chi connectivity index (χ1) is 6.72. The molecule has 0 amide bonds. The third-order valence-corrected chi connectivity index (χ3v) is 3.10. The number of rotatable bonds is 2. The summed E-state index contributed by atoms with van der Waals surface area (Å²) in [4.78, 5) is 0. The van der Waals surface area contributed by atoms with Crippen LogP contribution in [0.2, 0.25) is 0 Å². The van der Waals surface area contributed by atoms with Crippen LogP contribution in [0.25, 0.3) is 5.57 Å². The van der Waals surface area contributed by atoms with E-state index in [1.165, 1.54) is 22.3 Å². The molecule has 2 N–H and O–H groups in total. The summed E-state index contributed by atoms with van der Waals surface area (Å²) in [5, 5.41) is 0. The molecular formula is C13H17N. The molecule has 1 aromatic rings. The molecule has 14 heavy (non-hydrogen) atoms. The molecular weight excluding hydrogens is 170 g/mol. The minimum atomic E-state index is 0.258. The lowest BCUT2D eigenvalue weighted by atomic mass is 9.99. The van der Waals surface area contributed by atoms with Gasteiger partial charge in [0, 0.05) is 6.04 Å². The molecule has 74 valence electrons. The molecule has 0 heterocycles. The summed E-state index contributed by atoms with van der Waals surface area (Å²) in [5.41, 5.74) is 11.2. The Morgan fingerprint density at radius 1 is 1.57 bits per heavy atom. The standard InChI is InChI=1S/C13H17N/c1-3-9(2)10-4-6-12-11(8-10)5-7-13(12)14/h4,6,8,13H,2-3,5,7,14H2,1H3/t13-/m0/s1. The topological polar surface area (TPSA) is 26.0 Å². The van der Waals surface area contributed by atoms with E-state index in [0.29, 0.717) is 0 Å². The molecule has 0 bridgehead atoms. The van der Waals surface area contributed by atoms with Gasteiger partial charge in [0.1, 0.15) is 0 Å². The van der Waals surface area contributed by atoms with Crippen molar-refractivity contribution >= 4 is 5.57 Å². The van der Waals surface area contributed by atoms with Crippen LogP contribution < -0.4 is 5.73 Å². The van der Waals surface area contributed by atoms with Gasteiger partial charge in [-0.25, -0.2) is 0 Å². The number of allylic oxidation sites excluding steroid dienone is 1. The first-order valence-corrected chi connectivity index (χ1v) is 5.29. The van der Waals surface area contributed by atoms with Crippen LogP contribution in [-0.2, 0) is 6.42 Å². The Bertz CT molecular complexity index is 365. The zero-order chi connectivity index (χ0) is 10.1. The van der Waals surface area contributed by atoms with Crippen LogP contribution in [0.4, 0.5) is 0 Å². The second-order valence-corrected chi connectivity index (χ2v) is 4.02. The smallest absolute Gasteiger partial charge is 0.0300 e. The predicted octanol–water partition coefficient (Wildman–Crippen LogP) is 3.06. The average Bonchev–Trinajstić information content (AvgIpc) is 2.59. The van der Waals surface area contributed by atoms with Crippen LogP contribution in [0.1, 0.15) is 42.5 Å². The molecule has 1 heteroatoms. The first kappa shape index (κ1) is 9.47. The fourth-order valence-corrected chi connectivity index (χ4v) is 2.07. The molecule has 1 aliphatic rings. The Balaban J connectivity index is 2.37. The Hall–Kier alpha value is -1.08. The van der Waals surface area contributed by atoms with Crippen LogP contribution in [-0.4, -0.2) is 0 Å². The fraction of sp³-hybridized carbons (Fsp3) is 0.385. The maximum atomic E-state index is 5.98. The van der Waals surface area contributed by atoms with Crippen LogP contribution in [0.5, 0.6) is 0 Å². The van der Waals surface area contributed by atoms with Gasteiger partial charge in [0.05, 0.1) is 0 Å². The largest absolute Gasteiger partial charge is 0.324 e. The Kier molecular flexibility index (Phi) is 2.42. The normalized spacial score (nSPS) is 19.4. The molecule has 0 aliphatic heterocycles. The maximum absolute atomic E-state index is 5.98. The van der Waals surface area contributed by atoms with E-state index in [0.717, 1.165) is 19.3 Å². The Labute approximate surface area is 85.6 Å². The lowest BCUT2D eigenvalue weighted by molar-refractivity contribution is 0.713. The highest BCUT2D eigenvalue weighted by atomic mass is 14.6. The molecule has 0 radical (unpaired) electrons. The van der Waals surface area contributed by atoms with E-state index in [2.05, 4.69) is 31.7 Å². The monoisotopic (exact) mass is 187 g/mol. The molecule has 0 unspecified atom stereocenters. The lowest BCUT2D eigenvalue weighted by Gasteiger charge is -2.08. The number of benzene rings is 1. The average molecular weight is 187 g/mol. The number of hydrogen-bond donors (Lipinski definition) is 1. The lowest BCUT2D eigenvalue weighted by Crippen LogP contribution is -2.04. The third kappa shape index (κ3) is 1.48. The van der Waals surface area contributed by atoms with Gasteiger partial charge in [0.15, 0.2) is 0 Å². The molecule has 0 fully saturated rings. The fourth-order valence-electron chi connectivity index (χ4n) is 2.07. The summed E-state index contributed by atoms with van der Waals surface area (Å²) >= 11 is 0. The summed E-state index contributed by atoms with van der Waals surface area (Å²) in [6.07, 6.45) is 3.24. The summed E-state index contributed by atoms with van der Waals surface area (Å²) in [6.45, 7) is 6.20. The highest BCUT2D eigenvalue weighted by molar-refractivity contribution is 5.64. The number of hydrogen-bond acceptors (Lipinski definition) is 1. The highest BCUT2D eigenvalue weighted by Gasteiger charge is 2.18. The molecule has 0 spiro atoms. The summed E-state index contributed by atoms with van der Waals surface area (Å²) in [5.74, 6) is 0.